The molecule has 1 amide bonds. The first-order valence-corrected chi connectivity index (χ1v) is 6.01. The summed E-state index contributed by atoms with van der Waals surface area (Å²) in [5, 5.41) is 16.2. The van der Waals surface area contributed by atoms with Gasteiger partial charge < -0.3 is 15.2 Å². The van der Waals surface area contributed by atoms with Crippen LogP contribution < -0.4 is 5.32 Å². The van der Waals surface area contributed by atoms with E-state index in [0.717, 1.165) is 0 Å². The Balaban J connectivity index is 2.36. The van der Waals surface area contributed by atoms with Crippen molar-refractivity contribution in [3.05, 3.63) is 22.4 Å². The fraction of sp³-hybridized carbons (Fsp3) is 0.545. The zero-order chi connectivity index (χ0) is 12.0. The lowest BCUT2D eigenvalue weighted by Crippen LogP contribution is -2.41. The number of aliphatic hydroxyl groups is 1. The van der Waals surface area contributed by atoms with Gasteiger partial charge in [-0.05, 0) is 18.4 Å². The molecule has 1 heterocycles. The van der Waals surface area contributed by atoms with Crippen molar-refractivity contribution in [2.45, 2.75) is 18.9 Å². The fourth-order valence-electron chi connectivity index (χ4n) is 1.18. The van der Waals surface area contributed by atoms with Crippen molar-refractivity contribution in [2.24, 2.45) is 0 Å². The molecule has 0 saturated carbocycles. The topological polar surface area (TPSA) is 58.6 Å². The van der Waals surface area contributed by atoms with Gasteiger partial charge in [-0.15, -0.1) is 0 Å². The number of amides is 1. The van der Waals surface area contributed by atoms with Crippen LogP contribution in [0.3, 0.4) is 0 Å². The Morgan fingerprint density at radius 3 is 3.00 bits per heavy atom. The molecule has 1 atom stereocenters. The normalized spacial score (nSPS) is 14.4. The minimum absolute atomic E-state index is 0.154. The summed E-state index contributed by atoms with van der Waals surface area (Å²) in [6.07, 6.45) is 0.493. The Bertz CT molecular complexity index is 322. The predicted octanol–water partition coefficient (Wildman–Crippen LogP) is 1.27. The molecule has 16 heavy (non-hydrogen) atoms. The SMILES string of the molecule is COCCC(C)(O)CNC(=O)c1ccsc1. The lowest BCUT2D eigenvalue weighted by Gasteiger charge is -2.23. The van der Waals surface area contributed by atoms with Crippen LogP contribution in [0, 0.1) is 0 Å². The van der Waals surface area contributed by atoms with Crippen molar-refractivity contribution in [2.75, 3.05) is 20.3 Å². The number of rotatable bonds is 6. The van der Waals surface area contributed by atoms with Gasteiger partial charge in [0, 0.05) is 37.6 Å². The molecule has 4 nitrogen and oxygen atoms in total. The quantitative estimate of drug-likeness (QED) is 0.791. The lowest BCUT2D eigenvalue weighted by molar-refractivity contribution is 0.0244. The van der Waals surface area contributed by atoms with E-state index in [1.807, 2.05) is 5.38 Å². The molecular formula is C11H17NO3S. The molecule has 0 spiro atoms. The standard InChI is InChI=1S/C11H17NO3S/c1-11(14,4-5-15-2)8-12-10(13)9-3-6-16-7-9/h3,6-7,14H,4-5,8H2,1-2H3,(H,12,13). The maximum Gasteiger partial charge on any atom is 0.252 e. The van der Waals surface area contributed by atoms with E-state index in [1.165, 1.54) is 11.3 Å². The molecule has 0 aliphatic carbocycles. The Hall–Kier alpha value is -0.910. The largest absolute Gasteiger partial charge is 0.388 e. The van der Waals surface area contributed by atoms with Crippen molar-refractivity contribution >= 4 is 17.2 Å². The summed E-state index contributed by atoms with van der Waals surface area (Å²) in [5.74, 6) is -0.154. The van der Waals surface area contributed by atoms with E-state index in [1.54, 1.807) is 25.5 Å². The van der Waals surface area contributed by atoms with E-state index in [4.69, 9.17) is 4.74 Å². The van der Waals surface area contributed by atoms with Crippen molar-refractivity contribution in [1.29, 1.82) is 0 Å². The minimum atomic E-state index is -0.929. The first-order valence-electron chi connectivity index (χ1n) is 5.07. The molecule has 1 aromatic heterocycles. The zero-order valence-corrected chi connectivity index (χ0v) is 10.3. The fourth-order valence-corrected chi connectivity index (χ4v) is 1.81. The van der Waals surface area contributed by atoms with Gasteiger partial charge in [0.2, 0.25) is 0 Å². The minimum Gasteiger partial charge on any atom is -0.388 e. The average Bonchev–Trinajstić information content (AvgIpc) is 2.77. The van der Waals surface area contributed by atoms with Gasteiger partial charge >= 0.3 is 0 Å². The molecule has 2 N–H and O–H groups in total. The highest BCUT2D eigenvalue weighted by Gasteiger charge is 2.21. The molecule has 1 aromatic rings. The lowest BCUT2D eigenvalue weighted by atomic mass is 10.0. The Labute approximate surface area is 99.2 Å². The first-order chi connectivity index (χ1) is 7.55. The number of hydrogen-bond donors (Lipinski definition) is 2. The van der Waals surface area contributed by atoms with Gasteiger partial charge in [-0.1, -0.05) is 0 Å². The van der Waals surface area contributed by atoms with Gasteiger partial charge in [0.1, 0.15) is 0 Å². The van der Waals surface area contributed by atoms with Crippen LogP contribution in [0.2, 0.25) is 0 Å². The van der Waals surface area contributed by atoms with Crippen molar-refractivity contribution in [3.8, 4) is 0 Å². The molecule has 0 aliphatic heterocycles. The molecular weight excluding hydrogens is 226 g/mol. The molecule has 90 valence electrons. The second-order valence-electron chi connectivity index (χ2n) is 3.93. The maximum absolute atomic E-state index is 11.6. The van der Waals surface area contributed by atoms with Gasteiger partial charge in [-0.25, -0.2) is 0 Å². The predicted molar refractivity (Wildman–Crippen MR) is 63.8 cm³/mol. The summed E-state index contributed by atoms with van der Waals surface area (Å²) in [6, 6.07) is 1.75. The average molecular weight is 243 g/mol. The van der Waals surface area contributed by atoms with Gasteiger partial charge in [-0.2, -0.15) is 11.3 Å². The molecule has 0 aromatic carbocycles. The van der Waals surface area contributed by atoms with Gasteiger partial charge in [-0.3, -0.25) is 4.79 Å². The van der Waals surface area contributed by atoms with Crippen LogP contribution in [0.25, 0.3) is 0 Å². The number of methoxy groups -OCH3 is 1. The molecule has 1 unspecified atom stereocenters. The number of carbonyl (C=O) groups is 1. The Kier molecular flexibility index (Phi) is 4.92. The number of nitrogens with one attached hydrogen (secondary N) is 1. The molecule has 0 fully saturated rings. The molecule has 0 radical (unpaired) electrons. The smallest absolute Gasteiger partial charge is 0.252 e. The second kappa shape index (κ2) is 5.98. The third-order valence-corrected chi connectivity index (χ3v) is 2.94. The van der Waals surface area contributed by atoms with Crippen LogP contribution in [0.1, 0.15) is 23.7 Å². The summed E-state index contributed by atoms with van der Waals surface area (Å²) in [6.45, 7) is 2.38. The van der Waals surface area contributed by atoms with Gasteiger partial charge in [0.15, 0.2) is 0 Å². The van der Waals surface area contributed by atoms with Crippen LogP contribution in [0.5, 0.6) is 0 Å². The second-order valence-corrected chi connectivity index (χ2v) is 4.71. The number of hydrogen-bond acceptors (Lipinski definition) is 4. The third-order valence-electron chi connectivity index (χ3n) is 2.26. The molecule has 0 aliphatic rings. The maximum atomic E-state index is 11.6. The van der Waals surface area contributed by atoms with E-state index in [9.17, 15) is 9.90 Å². The van der Waals surface area contributed by atoms with E-state index in [0.29, 0.717) is 18.6 Å². The first kappa shape index (κ1) is 13.2. The van der Waals surface area contributed by atoms with Crippen LogP contribution in [0.15, 0.2) is 16.8 Å². The number of ether oxygens (including phenoxy) is 1. The van der Waals surface area contributed by atoms with E-state index in [-0.39, 0.29) is 12.5 Å². The summed E-state index contributed by atoms with van der Waals surface area (Å²) < 4.78 is 4.89. The van der Waals surface area contributed by atoms with Crippen molar-refractivity contribution < 1.29 is 14.6 Å². The molecule has 0 saturated heterocycles. The van der Waals surface area contributed by atoms with Gasteiger partial charge in [0.05, 0.1) is 5.60 Å². The highest BCUT2D eigenvalue weighted by molar-refractivity contribution is 7.08. The Morgan fingerprint density at radius 2 is 2.44 bits per heavy atom. The van der Waals surface area contributed by atoms with Crippen LogP contribution in [-0.2, 0) is 4.74 Å². The molecule has 0 bridgehead atoms. The third kappa shape index (κ3) is 4.30. The molecule has 5 heteroatoms. The summed E-state index contributed by atoms with van der Waals surface area (Å²) in [7, 11) is 1.58. The highest BCUT2D eigenvalue weighted by atomic mass is 32.1. The summed E-state index contributed by atoms with van der Waals surface area (Å²) >= 11 is 1.47. The van der Waals surface area contributed by atoms with E-state index < -0.39 is 5.60 Å². The van der Waals surface area contributed by atoms with E-state index >= 15 is 0 Å². The van der Waals surface area contributed by atoms with E-state index in [2.05, 4.69) is 5.32 Å². The highest BCUT2D eigenvalue weighted by Crippen LogP contribution is 2.09. The zero-order valence-electron chi connectivity index (χ0n) is 9.53. The van der Waals surface area contributed by atoms with Crippen LogP contribution in [0.4, 0.5) is 0 Å². The van der Waals surface area contributed by atoms with Crippen LogP contribution in [-0.4, -0.2) is 36.9 Å². The number of carbonyl (C=O) groups excluding carboxylic acids is 1. The summed E-state index contributed by atoms with van der Waals surface area (Å²) in [5.41, 5.74) is -0.297. The number of thiophene rings is 1. The van der Waals surface area contributed by atoms with Gasteiger partial charge in [0.25, 0.3) is 5.91 Å². The van der Waals surface area contributed by atoms with Crippen molar-refractivity contribution in [1.82, 2.24) is 5.32 Å². The Morgan fingerprint density at radius 1 is 1.69 bits per heavy atom. The van der Waals surface area contributed by atoms with Crippen LogP contribution >= 0.6 is 11.3 Å². The summed E-state index contributed by atoms with van der Waals surface area (Å²) in [4.78, 5) is 11.6. The van der Waals surface area contributed by atoms with Crippen molar-refractivity contribution in [3.63, 3.8) is 0 Å². The molecule has 1 rings (SSSR count). The monoisotopic (exact) mass is 243 g/mol.